The number of nitrogens with one attached hydrogen (secondary N) is 1. The number of rotatable bonds is 4. The van der Waals surface area contributed by atoms with Crippen LogP contribution >= 0.6 is 0 Å². The Hall–Kier alpha value is -1.49. The maximum atomic E-state index is 13.7. The molecular formula is C19H26F2N2O. The molecule has 3 rings (SSSR count). The first kappa shape index (κ1) is 17.3. The summed E-state index contributed by atoms with van der Waals surface area (Å²) in [6, 6.07) is 3.15. The van der Waals surface area contributed by atoms with Crippen LogP contribution in [0.5, 0.6) is 0 Å². The third-order valence-electron chi connectivity index (χ3n) is 5.34. The number of hydrogen-bond donors (Lipinski definition) is 1. The molecule has 2 fully saturated rings. The number of carbonyl (C=O) groups is 1. The molecule has 0 radical (unpaired) electrons. The highest BCUT2D eigenvalue weighted by Crippen LogP contribution is 2.25. The lowest BCUT2D eigenvalue weighted by atomic mass is 9.88. The summed E-state index contributed by atoms with van der Waals surface area (Å²) in [5.74, 6) is -1.08. The first-order valence-corrected chi connectivity index (χ1v) is 9.10. The van der Waals surface area contributed by atoms with Crippen LogP contribution in [0.4, 0.5) is 8.78 Å². The normalized spacial score (nSPS) is 20.9. The van der Waals surface area contributed by atoms with Gasteiger partial charge in [0.05, 0.1) is 5.56 Å². The first-order chi connectivity index (χ1) is 11.6. The number of carbonyl (C=O) groups excluding carboxylic acids is 1. The van der Waals surface area contributed by atoms with Crippen LogP contribution in [0.15, 0.2) is 18.2 Å². The molecule has 0 spiro atoms. The first-order valence-electron chi connectivity index (χ1n) is 9.10. The fourth-order valence-corrected chi connectivity index (χ4v) is 3.93. The Morgan fingerprint density at radius 2 is 1.79 bits per heavy atom. The Bertz CT molecular complexity index is 564. The molecule has 0 atom stereocenters. The number of likely N-dealkylation sites (tertiary alicyclic amines) is 1. The molecule has 0 unspecified atom stereocenters. The van der Waals surface area contributed by atoms with Gasteiger partial charge in [0.25, 0.3) is 5.91 Å². The zero-order valence-electron chi connectivity index (χ0n) is 14.1. The molecule has 132 valence electrons. The number of amides is 1. The van der Waals surface area contributed by atoms with E-state index in [0.717, 1.165) is 44.0 Å². The van der Waals surface area contributed by atoms with Gasteiger partial charge in [-0.2, -0.15) is 0 Å². The van der Waals surface area contributed by atoms with E-state index in [-0.39, 0.29) is 11.6 Å². The van der Waals surface area contributed by atoms with Gasteiger partial charge in [0.15, 0.2) is 0 Å². The van der Waals surface area contributed by atoms with Crippen LogP contribution in [0.25, 0.3) is 0 Å². The van der Waals surface area contributed by atoms with E-state index in [1.54, 1.807) is 0 Å². The van der Waals surface area contributed by atoms with Crippen molar-refractivity contribution in [2.75, 3.05) is 19.6 Å². The van der Waals surface area contributed by atoms with Crippen molar-refractivity contribution in [1.29, 1.82) is 0 Å². The second-order valence-corrected chi connectivity index (χ2v) is 7.18. The van der Waals surface area contributed by atoms with Gasteiger partial charge in [-0.15, -0.1) is 0 Å². The Balaban J connectivity index is 1.45. The van der Waals surface area contributed by atoms with E-state index >= 15 is 0 Å². The molecule has 24 heavy (non-hydrogen) atoms. The average Bonchev–Trinajstić information content (AvgIpc) is 2.57. The molecule has 1 amide bonds. The molecule has 1 aromatic rings. The van der Waals surface area contributed by atoms with E-state index in [2.05, 4.69) is 10.2 Å². The fraction of sp³-hybridized carbons (Fsp3) is 0.632. The van der Waals surface area contributed by atoms with Crippen molar-refractivity contribution in [3.63, 3.8) is 0 Å². The zero-order valence-corrected chi connectivity index (χ0v) is 14.1. The van der Waals surface area contributed by atoms with Crippen LogP contribution in [-0.4, -0.2) is 36.5 Å². The van der Waals surface area contributed by atoms with E-state index in [4.69, 9.17) is 0 Å². The molecule has 0 bridgehead atoms. The second-order valence-electron chi connectivity index (χ2n) is 7.18. The Morgan fingerprint density at radius 1 is 1.08 bits per heavy atom. The number of hydrogen-bond acceptors (Lipinski definition) is 2. The van der Waals surface area contributed by atoms with Crippen molar-refractivity contribution in [2.45, 2.75) is 51.0 Å². The van der Waals surface area contributed by atoms with Crippen molar-refractivity contribution < 1.29 is 13.6 Å². The van der Waals surface area contributed by atoms with E-state index in [1.165, 1.54) is 44.7 Å². The van der Waals surface area contributed by atoms with Crippen molar-refractivity contribution in [3.05, 3.63) is 35.4 Å². The lowest BCUT2D eigenvalue weighted by Gasteiger charge is -2.35. The van der Waals surface area contributed by atoms with Crippen molar-refractivity contribution in [3.8, 4) is 0 Å². The highest BCUT2D eigenvalue weighted by Gasteiger charge is 2.24. The number of halogens is 2. The summed E-state index contributed by atoms with van der Waals surface area (Å²) in [5.41, 5.74) is -0.0824. The monoisotopic (exact) mass is 336 g/mol. The van der Waals surface area contributed by atoms with Gasteiger partial charge in [0.2, 0.25) is 0 Å². The number of nitrogens with zero attached hydrogens (tertiary/aromatic N) is 1. The van der Waals surface area contributed by atoms with Gasteiger partial charge in [0, 0.05) is 31.7 Å². The maximum Gasteiger partial charge on any atom is 0.254 e. The van der Waals surface area contributed by atoms with Crippen LogP contribution in [0.2, 0.25) is 0 Å². The lowest BCUT2D eigenvalue weighted by Crippen LogP contribution is -2.46. The van der Waals surface area contributed by atoms with Gasteiger partial charge in [-0.3, -0.25) is 4.79 Å². The van der Waals surface area contributed by atoms with Crippen molar-refractivity contribution in [2.24, 2.45) is 5.92 Å². The standard InChI is InChI=1S/C19H26F2N2O/c20-15-6-7-17(18(21)12-15)19(24)22-16-8-10-23(11-9-16)13-14-4-2-1-3-5-14/h6-7,12,14,16H,1-5,8-11,13H2,(H,22,24). The van der Waals surface area contributed by atoms with Crippen LogP contribution in [0.1, 0.15) is 55.3 Å². The summed E-state index contributed by atoms with van der Waals surface area (Å²) in [6.45, 7) is 3.13. The summed E-state index contributed by atoms with van der Waals surface area (Å²) < 4.78 is 26.6. The van der Waals surface area contributed by atoms with Gasteiger partial charge in [-0.1, -0.05) is 19.3 Å². The highest BCUT2D eigenvalue weighted by molar-refractivity contribution is 5.94. The molecule has 2 aliphatic rings. The minimum atomic E-state index is -0.803. The molecular weight excluding hydrogens is 310 g/mol. The van der Waals surface area contributed by atoms with Gasteiger partial charge in [-0.25, -0.2) is 8.78 Å². The van der Waals surface area contributed by atoms with Gasteiger partial charge < -0.3 is 10.2 Å². The lowest BCUT2D eigenvalue weighted by molar-refractivity contribution is 0.0897. The molecule has 1 saturated heterocycles. The van der Waals surface area contributed by atoms with Crippen LogP contribution in [0.3, 0.4) is 0 Å². The Labute approximate surface area is 142 Å². The predicted molar refractivity (Wildman–Crippen MR) is 89.9 cm³/mol. The third-order valence-corrected chi connectivity index (χ3v) is 5.34. The predicted octanol–water partition coefficient (Wildman–Crippen LogP) is 3.74. The minimum Gasteiger partial charge on any atom is -0.349 e. The average molecular weight is 336 g/mol. The third kappa shape index (κ3) is 4.53. The minimum absolute atomic E-state index is 0.0737. The molecule has 3 nitrogen and oxygen atoms in total. The smallest absolute Gasteiger partial charge is 0.254 e. The van der Waals surface area contributed by atoms with E-state index in [1.807, 2.05) is 0 Å². The van der Waals surface area contributed by atoms with Crippen LogP contribution in [-0.2, 0) is 0 Å². The fourth-order valence-electron chi connectivity index (χ4n) is 3.93. The second kappa shape index (κ2) is 8.06. The van der Waals surface area contributed by atoms with Gasteiger partial charge >= 0.3 is 0 Å². The summed E-state index contributed by atoms with van der Waals surface area (Å²) in [5, 5.41) is 2.89. The molecule has 1 aromatic carbocycles. The van der Waals surface area contributed by atoms with Crippen molar-refractivity contribution >= 4 is 5.91 Å². The maximum absolute atomic E-state index is 13.7. The Morgan fingerprint density at radius 3 is 2.46 bits per heavy atom. The van der Waals surface area contributed by atoms with Crippen LogP contribution in [0, 0.1) is 17.6 Å². The summed E-state index contributed by atoms with van der Waals surface area (Å²) in [6.07, 6.45) is 8.58. The molecule has 1 aliphatic heterocycles. The number of benzene rings is 1. The molecule has 5 heteroatoms. The summed E-state index contributed by atoms with van der Waals surface area (Å²) in [4.78, 5) is 14.7. The highest BCUT2D eigenvalue weighted by atomic mass is 19.1. The summed E-state index contributed by atoms with van der Waals surface area (Å²) >= 11 is 0. The van der Waals surface area contributed by atoms with E-state index in [0.29, 0.717) is 0 Å². The van der Waals surface area contributed by atoms with E-state index in [9.17, 15) is 13.6 Å². The quantitative estimate of drug-likeness (QED) is 0.908. The topological polar surface area (TPSA) is 32.3 Å². The van der Waals surface area contributed by atoms with Gasteiger partial charge in [0.1, 0.15) is 11.6 Å². The van der Waals surface area contributed by atoms with E-state index < -0.39 is 17.5 Å². The Kier molecular flexibility index (Phi) is 5.82. The van der Waals surface area contributed by atoms with Gasteiger partial charge in [-0.05, 0) is 43.7 Å². The largest absolute Gasteiger partial charge is 0.349 e. The SMILES string of the molecule is O=C(NC1CCN(CC2CCCCC2)CC1)c1ccc(F)cc1F. The molecule has 1 aliphatic carbocycles. The molecule has 1 N–H and O–H groups in total. The van der Waals surface area contributed by atoms with Crippen molar-refractivity contribution in [1.82, 2.24) is 10.2 Å². The molecule has 1 heterocycles. The molecule has 1 saturated carbocycles. The summed E-state index contributed by atoms with van der Waals surface area (Å²) in [7, 11) is 0. The molecule has 0 aromatic heterocycles. The zero-order chi connectivity index (χ0) is 16.9. The van der Waals surface area contributed by atoms with Crippen LogP contribution < -0.4 is 5.32 Å². The number of piperidine rings is 1.